The van der Waals surface area contributed by atoms with E-state index in [0.717, 1.165) is 47.9 Å². The summed E-state index contributed by atoms with van der Waals surface area (Å²) in [4.78, 5) is 24.8. The van der Waals surface area contributed by atoms with E-state index < -0.39 is 0 Å². The van der Waals surface area contributed by atoms with Crippen molar-refractivity contribution in [3.8, 4) is 11.1 Å². The summed E-state index contributed by atoms with van der Waals surface area (Å²) in [6.07, 6.45) is 4.01. The first-order chi connectivity index (χ1) is 16.4. The van der Waals surface area contributed by atoms with Gasteiger partial charge in [-0.05, 0) is 47.8 Å². The Balaban J connectivity index is 1.24. The van der Waals surface area contributed by atoms with Crippen molar-refractivity contribution in [1.82, 2.24) is 5.32 Å². The van der Waals surface area contributed by atoms with E-state index in [1.165, 1.54) is 18.4 Å². The van der Waals surface area contributed by atoms with E-state index in [4.69, 9.17) is 27.9 Å². The van der Waals surface area contributed by atoms with Crippen LogP contribution >= 0.6 is 34.5 Å². The Morgan fingerprint density at radius 1 is 0.971 bits per heavy atom. The molecular weight excluding hydrogens is 489 g/mol. The minimum absolute atomic E-state index is 0.00617. The Morgan fingerprint density at radius 3 is 2.26 bits per heavy atom. The number of ether oxygens (including phenoxy) is 1. The zero-order valence-electron chi connectivity index (χ0n) is 18.8. The third-order valence-electron chi connectivity index (χ3n) is 7.17. The molecule has 0 aliphatic heterocycles. The lowest BCUT2D eigenvalue weighted by Gasteiger charge is -2.56. The van der Waals surface area contributed by atoms with Gasteiger partial charge >= 0.3 is 5.97 Å². The molecule has 5 rings (SSSR count). The number of thiophene rings is 1. The average molecular weight is 514 g/mol. The summed E-state index contributed by atoms with van der Waals surface area (Å²) in [5, 5.41) is 3.13. The standard InChI is InChI=1S/C27H25Cl2NO3S/c1-33-26(32)19-12-27(13-19)14-20(15-27)30-25(31)22-21(23(28)34-24(22)29)11-16-7-9-18(10-8-16)17-5-3-2-4-6-17/h2-10,19-20H,11-15H2,1H3,(H,30,31). The fraction of sp³-hybridized carbons (Fsp3) is 0.333. The van der Waals surface area contributed by atoms with Crippen LogP contribution < -0.4 is 5.32 Å². The van der Waals surface area contributed by atoms with E-state index in [1.54, 1.807) is 0 Å². The maximum Gasteiger partial charge on any atom is 0.308 e. The first-order valence-electron chi connectivity index (χ1n) is 11.4. The fourth-order valence-corrected chi connectivity index (χ4v) is 7.15. The average Bonchev–Trinajstić information content (AvgIpc) is 3.07. The molecule has 4 nitrogen and oxygen atoms in total. The number of carbonyl (C=O) groups excluding carboxylic acids is 2. The Bertz CT molecular complexity index is 1210. The molecule has 2 aromatic carbocycles. The first kappa shape index (κ1) is 23.4. The van der Waals surface area contributed by atoms with Crippen LogP contribution in [0.2, 0.25) is 8.67 Å². The van der Waals surface area contributed by atoms with Crippen LogP contribution in [0.4, 0.5) is 0 Å². The molecule has 2 aliphatic rings. The summed E-state index contributed by atoms with van der Waals surface area (Å²) < 4.78 is 5.80. The summed E-state index contributed by atoms with van der Waals surface area (Å²) in [5.74, 6) is -0.293. The Hall–Kier alpha value is -2.34. The summed E-state index contributed by atoms with van der Waals surface area (Å²) in [6, 6.07) is 18.6. The molecule has 3 aromatic rings. The number of nitrogens with one attached hydrogen (secondary N) is 1. The van der Waals surface area contributed by atoms with Crippen LogP contribution in [0.25, 0.3) is 11.1 Å². The molecule has 0 bridgehead atoms. The number of benzene rings is 2. The number of rotatable bonds is 6. The van der Waals surface area contributed by atoms with Crippen LogP contribution in [0.1, 0.15) is 47.2 Å². The smallest absolute Gasteiger partial charge is 0.308 e. The quantitative estimate of drug-likeness (QED) is 0.369. The van der Waals surface area contributed by atoms with Crippen molar-refractivity contribution < 1.29 is 14.3 Å². The predicted molar refractivity (Wildman–Crippen MR) is 137 cm³/mol. The molecule has 2 aliphatic carbocycles. The highest BCUT2D eigenvalue weighted by molar-refractivity contribution is 7.20. The third-order valence-corrected chi connectivity index (χ3v) is 8.86. The van der Waals surface area contributed by atoms with Crippen LogP contribution in [-0.2, 0) is 16.0 Å². The van der Waals surface area contributed by atoms with Crippen molar-refractivity contribution in [2.75, 3.05) is 7.11 Å². The maximum atomic E-state index is 13.1. The van der Waals surface area contributed by atoms with Crippen molar-refractivity contribution in [3.63, 3.8) is 0 Å². The molecule has 0 atom stereocenters. The molecule has 2 fully saturated rings. The van der Waals surface area contributed by atoms with Crippen molar-refractivity contribution >= 4 is 46.4 Å². The van der Waals surface area contributed by atoms with Crippen LogP contribution in [-0.4, -0.2) is 25.0 Å². The number of carbonyl (C=O) groups is 2. The van der Waals surface area contributed by atoms with E-state index >= 15 is 0 Å². The predicted octanol–water partition coefficient (Wildman–Crippen LogP) is 6.77. The molecule has 34 heavy (non-hydrogen) atoms. The van der Waals surface area contributed by atoms with Crippen LogP contribution in [0, 0.1) is 11.3 Å². The number of hydrogen-bond acceptors (Lipinski definition) is 4. The lowest BCUT2D eigenvalue weighted by molar-refractivity contribution is -0.159. The van der Waals surface area contributed by atoms with Gasteiger partial charge in [0.15, 0.2) is 0 Å². The van der Waals surface area contributed by atoms with Crippen LogP contribution in [0.15, 0.2) is 54.6 Å². The molecule has 1 amide bonds. The molecule has 176 valence electrons. The summed E-state index contributed by atoms with van der Waals surface area (Å²) in [6.45, 7) is 0. The number of esters is 1. The molecule has 1 aromatic heterocycles. The van der Waals surface area contributed by atoms with E-state index in [1.807, 2.05) is 18.2 Å². The van der Waals surface area contributed by atoms with Gasteiger partial charge in [-0.25, -0.2) is 0 Å². The molecule has 1 heterocycles. The second-order valence-corrected chi connectivity index (χ2v) is 11.7. The van der Waals surface area contributed by atoms with E-state index in [-0.39, 0.29) is 29.3 Å². The summed E-state index contributed by atoms with van der Waals surface area (Å²) in [5.41, 5.74) is 4.79. The van der Waals surface area contributed by atoms with Gasteiger partial charge in [0.1, 0.15) is 4.34 Å². The lowest BCUT2D eigenvalue weighted by Crippen LogP contribution is -2.57. The largest absolute Gasteiger partial charge is 0.469 e. The molecule has 0 radical (unpaired) electrons. The molecule has 0 saturated heterocycles. The van der Waals surface area contributed by atoms with Gasteiger partial charge in [-0.3, -0.25) is 9.59 Å². The highest BCUT2D eigenvalue weighted by Gasteiger charge is 2.55. The minimum atomic E-state index is -0.173. The molecule has 1 spiro atoms. The van der Waals surface area contributed by atoms with Gasteiger partial charge < -0.3 is 10.1 Å². The lowest BCUT2D eigenvalue weighted by atomic mass is 9.50. The van der Waals surface area contributed by atoms with Gasteiger partial charge in [0.2, 0.25) is 0 Å². The molecule has 0 unspecified atom stereocenters. The summed E-state index contributed by atoms with van der Waals surface area (Å²) in [7, 11) is 1.43. The number of methoxy groups -OCH3 is 1. The topological polar surface area (TPSA) is 55.4 Å². The van der Waals surface area contributed by atoms with Crippen molar-refractivity contribution in [2.45, 2.75) is 38.1 Å². The fourth-order valence-electron chi connectivity index (χ4n) is 5.44. The van der Waals surface area contributed by atoms with Gasteiger partial charge in [-0.2, -0.15) is 0 Å². The highest BCUT2D eigenvalue weighted by atomic mass is 35.5. The van der Waals surface area contributed by atoms with Gasteiger partial charge in [0.05, 0.1) is 22.9 Å². The zero-order valence-corrected chi connectivity index (χ0v) is 21.1. The normalized spacial score (nSPS) is 23.1. The maximum absolute atomic E-state index is 13.1. The summed E-state index contributed by atoms with van der Waals surface area (Å²) >= 11 is 14.2. The SMILES string of the molecule is COC(=O)C1CC2(CC(NC(=O)c3c(Cl)sc(Cl)c3Cc3ccc(-c4ccccc4)cc3)C2)C1. The molecular formula is C27H25Cl2NO3S. The van der Waals surface area contributed by atoms with Crippen molar-refractivity contribution in [1.29, 1.82) is 0 Å². The Labute approximate surface area is 213 Å². The second-order valence-electron chi connectivity index (χ2n) is 9.45. The Kier molecular flexibility index (Phi) is 6.45. The van der Waals surface area contributed by atoms with Gasteiger partial charge in [-0.1, -0.05) is 77.8 Å². The van der Waals surface area contributed by atoms with E-state index in [2.05, 4.69) is 41.7 Å². The van der Waals surface area contributed by atoms with Crippen LogP contribution in [0.5, 0.6) is 0 Å². The number of amides is 1. The Morgan fingerprint density at radius 2 is 1.62 bits per heavy atom. The third kappa shape index (κ3) is 4.49. The molecule has 2 saturated carbocycles. The first-order valence-corrected chi connectivity index (χ1v) is 12.9. The van der Waals surface area contributed by atoms with Gasteiger partial charge in [0.25, 0.3) is 5.91 Å². The van der Waals surface area contributed by atoms with Crippen LogP contribution in [0.3, 0.4) is 0 Å². The zero-order chi connectivity index (χ0) is 23.9. The van der Waals surface area contributed by atoms with E-state index in [9.17, 15) is 9.59 Å². The highest BCUT2D eigenvalue weighted by Crippen LogP contribution is 2.59. The second kappa shape index (κ2) is 9.37. The minimum Gasteiger partial charge on any atom is -0.469 e. The van der Waals surface area contributed by atoms with Crippen molar-refractivity contribution in [3.05, 3.63) is 80.0 Å². The van der Waals surface area contributed by atoms with Gasteiger partial charge in [-0.15, -0.1) is 11.3 Å². The number of halogens is 2. The molecule has 7 heteroatoms. The monoisotopic (exact) mass is 513 g/mol. The molecule has 1 N–H and O–H groups in total. The number of hydrogen-bond donors (Lipinski definition) is 1. The van der Waals surface area contributed by atoms with Crippen molar-refractivity contribution in [2.24, 2.45) is 11.3 Å². The van der Waals surface area contributed by atoms with Gasteiger partial charge in [0, 0.05) is 18.0 Å². The van der Waals surface area contributed by atoms with E-state index in [0.29, 0.717) is 20.7 Å².